The average Bonchev–Trinajstić information content (AvgIpc) is 2.69. The van der Waals surface area contributed by atoms with Crippen molar-refractivity contribution in [1.29, 1.82) is 0 Å². The highest BCUT2D eigenvalue weighted by atomic mass is 79.9. The molecule has 0 saturated heterocycles. The number of anilines is 1. The van der Waals surface area contributed by atoms with Crippen molar-refractivity contribution in [3.8, 4) is 0 Å². The number of aryl methyl sites for hydroxylation is 3. The van der Waals surface area contributed by atoms with Crippen LogP contribution in [0.25, 0.3) is 0 Å². The first kappa shape index (κ1) is 13.6. The minimum Gasteiger partial charge on any atom is -0.377 e. The summed E-state index contributed by atoms with van der Waals surface area (Å²) < 4.78 is 1.14. The molecule has 1 aromatic carbocycles. The van der Waals surface area contributed by atoms with Crippen molar-refractivity contribution in [1.82, 2.24) is 0 Å². The van der Waals surface area contributed by atoms with Gasteiger partial charge >= 0.3 is 0 Å². The molecule has 0 fully saturated rings. The monoisotopic (exact) mass is 323 g/mol. The lowest BCUT2D eigenvalue weighted by Crippen LogP contribution is -2.08. The molecule has 0 saturated carbocycles. The summed E-state index contributed by atoms with van der Waals surface area (Å²) in [4.78, 5) is 1.40. The zero-order chi connectivity index (χ0) is 13.3. The van der Waals surface area contributed by atoms with E-state index in [1.807, 2.05) is 11.3 Å². The lowest BCUT2D eigenvalue weighted by molar-refractivity contribution is 0.895. The van der Waals surface area contributed by atoms with Gasteiger partial charge in [-0.1, -0.05) is 6.07 Å². The molecule has 18 heavy (non-hydrogen) atoms. The summed E-state index contributed by atoms with van der Waals surface area (Å²) in [5.74, 6) is 0. The van der Waals surface area contributed by atoms with E-state index in [1.165, 1.54) is 27.3 Å². The van der Waals surface area contributed by atoms with Crippen LogP contribution in [0.3, 0.4) is 0 Å². The van der Waals surface area contributed by atoms with Crippen molar-refractivity contribution >= 4 is 33.0 Å². The Balaban J connectivity index is 2.27. The smallest absolute Gasteiger partial charge is 0.0581 e. The minimum atomic E-state index is 0.336. The first-order valence-corrected chi connectivity index (χ1v) is 7.73. The Morgan fingerprint density at radius 3 is 2.44 bits per heavy atom. The third-order valence-electron chi connectivity index (χ3n) is 3.09. The van der Waals surface area contributed by atoms with Crippen molar-refractivity contribution in [2.45, 2.75) is 33.7 Å². The van der Waals surface area contributed by atoms with Crippen molar-refractivity contribution in [2.75, 3.05) is 5.32 Å². The standard InChI is InChI=1S/C15H18BrNS/c1-9-7-11(3)14(13(16)8-9)17-12(4)15-10(2)5-6-18-15/h5-8,12,17H,1-4H3. The van der Waals surface area contributed by atoms with Crippen LogP contribution < -0.4 is 5.32 Å². The van der Waals surface area contributed by atoms with Gasteiger partial charge in [0.15, 0.2) is 0 Å². The molecule has 2 aromatic rings. The van der Waals surface area contributed by atoms with Gasteiger partial charge in [-0.25, -0.2) is 0 Å². The molecule has 3 heteroatoms. The maximum Gasteiger partial charge on any atom is 0.0581 e. The maximum atomic E-state index is 3.65. The van der Waals surface area contributed by atoms with Gasteiger partial charge in [0.25, 0.3) is 0 Å². The fourth-order valence-corrected chi connectivity index (χ4v) is 3.93. The molecular weight excluding hydrogens is 306 g/mol. The SMILES string of the molecule is Cc1cc(C)c(NC(C)c2sccc2C)c(Br)c1. The van der Waals surface area contributed by atoms with Gasteiger partial charge < -0.3 is 5.32 Å². The summed E-state index contributed by atoms with van der Waals surface area (Å²) in [5, 5.41) is 5.77. The molecule has 0 bridgehead atoms. The first-order chi connectivity index (χ1) is 8.49. The molecule has 1 unspecified atom stereocenters. The molecule has 0 spiro atoms. The molecule has 0 aliphatic heterocycles. The van der Waals surface area contributed by atoms with E-state index < -0.39 is 0 Å². The van der Waals surface area contributed by atoms with Crippen LogP contribution in [0, 0.1) is 20.8 Å². The number of benzene rings is 1. The second kappa shape index (κ2) is 5.45. The van der Waals surface area contributed by atoms with Crippen LogP contribution in [0.4, 0.5) is 5.69 Å². The quantitative estimate of drug-likeness (QED) is 0.774. The van der Waals surface area contributed by atoms with Crippen molar-refractivity contribution in [3.63, 3.8) is 0 Å². The molecule has 1 N–H and O–H groups in total. The van der Waals surface area contributed by atoms with Gasteiger partial charge in [-0.15, -0.1) is 11.3 Å². The van der Waals surface area contributed by atoms with E-state index >= 15 is 0 Å². The highest BCUT2D eigenvalue weighted by Crippen LogP contribution is 2.33. The molecular formula is C15H18BrNS. The molecule has 1 aromatic heterocycles. The second-order valence-electron chi connectivity index (χ2n) is 4.77. The largest absolute Gasteiger partial charge is 0.377 e. The van der Waals surface area contributed by atoms with Crippen LogP contribution >= 0.6 is 27.3 Å². The fourth-order valence-electron chi connectivity index (χ4n) is 2.21. The van der Waals surface area contributed by atoms with E-state index in [-0.39, 0.29) is 0 Å². The number of thiophene rings is 1. The average molecular weight is 324 g/mol. The molecule has 0 aliphatic carbocycles. The number of rotatable bonds is 3. The Bertz CT molecular complexity index is 536. The summed E-state index contributed by atoms with van der Waals surface area (Å²) in [6.07, 6.45) is 0. The molecule has 1 nitrogen and oxygen atoms in total. The topological polar surface area (TPSA) is 12.0 Å². The van der Waals surface area contributed by atoms with Crippen molar-refractivity contribution in [3.05, 3.63) is 49.6 Å². The van der Waals surface area contributed by atoms with Crippen LogP contribution in [-0.2, 0) is 0 Å². The molecule has 0 amide bonds. The summed E-state index contributed by atoms with van der Waals surface area (Å²) in [6.45, 7) is 8.65. The summed E-state index contributed by atoms with van der Waals surface area (Å²) in [5.41, 5.74) is 5.12. The Morgan fingerprint density at radius 1 is 1.17 bits per heavy atom. The third-order valence-corrected chi connectivity index (χ3v) is 4.91. The third kappa shape index (κ3) is 2.78. The fraction of sp³-hybridized carbons (Fsp3) is 0.333. The summed E-state index contributed by atoms with van der Waals surface area (Å²) >= 11 is 5.46. The highest BCUT2D eigenvalue weighted by molar-refractivity contribution is 9.10. The van der Waals surface area contributed by atoms with Crippen LogP contribution in [-0.4, -0.2) is 0 Å². The maximum absolute atomic E-state index is 3.65. The van der Waals surface area contributed by atoms with Gasteiger partial charge in [0.1, 0.15) is 0 Å². The zero-order valence-corrected chi connectivity index (χ0v) is 13.6. The van der Waals surface area contributed by atoms with E-state index in [9.17, 15) is 0 Å². The Morgan fingerprint density at radius 2 is 1.89 bits per heavy atom. The van der Waals surface area contributed by atoms with Gasteiger partial charge in [0.05, 0.1) is 11.7 Å². The lowest BCUT2D eigenvalue weighted by atomic mass is 10.1. The normalized spacial score (nSPS) is 12.5. The van der Waals surface area contributed by atoms with E-state index in [1.54, 1.807) is 0 Å². The second-order valence-corrected chi connectivity index (χ2v) is 6.57. The Labute approximate surface area is 121 Å². The number of nitrogens with one attached hydrogen (secondary N) is 1. The predicted molar refractivity (Wildman–Crippen MR) is 84.7 cm³/mol. The number of hydrogen-bond acceptors (Lipinski definition) is 2. The highest BCUT2D eigenvalue weighted by Gasteiger charge is 2.12. The molecule has 0 radical (unpaired) electrons. The van der Waals surface area contributed by atoms with Crippen LogP contribution in [0.5, 0.6) is 0 Å². The van der Waals surface area contributed by atoms with Gasteiger partial charge in [0, 0.05) is 9.35 Å². The minimum absolute atomic E-state index is 0.336. The number of halogens is 1. The van der Waals surface area contributed by atoms with Gasteiger partial charge in [0.2, 0.25) is 0 Å². The zero-order valence-electron chi connectivity index (χ0n) is 11.2. The van der Waals surface area contributed by atoms with Crippen LogP contribution in [0.15, 0.2) is 28.1 Å². The van der Waals surface area contributed by atoms with E-state index in [4.69, 9.17) is 0 Å². The van der Waals surface area contributed by atoms with Gasteiger partial charge in [-0.05, 0) is 77.8 Å². The molecule has 0 aliphatic rings. The molecule has 2 rings (SSSR count). The lowest BCUT2D eigenvalue weighted by Gasteiger charge is -2.19. The summed E-state index contributed by atoms with van der Waals surface area (Å²) in [6, 6.07) is 6.88. The van der Waals surface area contributed by atoms with Crippen LogP contribution in [0.1, 0.15) is 34.5 Å². The van der Waals surface area contributed by atoms with E-state index in [0.29, 0.717) is 6.04 Å². The number of hydrogen-bond donors (Lipinski definition) is 1. The summed E-state index contributed by atoms with van der Waals surface area (Å²) in [7, 11) is 0. The molecule has 1 heterocycles. The Kier molecular flexibility index (Phi) is 4.13. The van der Waals surface area contributed by atoms with E-state index in [0.717, 1.165) is 4.47 Å². The van der Waals surface area contributed by atoms with Gasteiger partial charge in [-0.2, -0.15) is 0 Å². The predicted octanol–water partition coefficient (Wildman–Crippen LogP) is 5.61. The van der Waals surface area contributed by atoms with Crippen molar-refractivity contribution < 1.29 is 0 Å². The van der Waals surface area contributed by atoms with Crippen LogP contribution in [0.2, 0.25) is 0 Å². The van der Waals surface area contributed by atoms with Crippen molar-refractivity contribution in [2.24, 2.45) is 0 Å². The molecule has 96 valence electrons. The Hall–Kier alpha value is -0.800. The molecule has 1 atom stereocenters. The first-order valence-electron chi connectivity index (χ1n) is 6.06. The van der Waals surface area contributed by atoms with Gasteiger partial charge in [-0.3, -0.25) is 0 Å². The van der Waals surface area contributed by atoms with E-state index in [2.05, 4.69) is 72.5 Å².